The second-order valence-electron chi connectivity index (χ2n) is 5.50. The van der Waals surface area contributed by atoms with Crippen LogP contribution in [0.15, 0.2) is 18.2 Å². The Balaban J connectivity index is 2.04. The molecule has 112 valence electrons. The van der Waals surface area contributed by atoms with E-state index in [1.165, 1.54) is 30.4 Å². The second-order valence-corrected chi connectivity index (χ2v) is 5.50. The predicted octanol–water partition coefficient (Wildman–Crippen LogP) is 3.21. The van der Waals surface area contributed by atoms with Crippen molar-refractivity contribution < 1.29 is 9.84 Å². The Bertz CT molecular complexity index is 406. The highest BCUT2D eigenvalue weighted by Crippen LogP contribution is 2.35. The van der Waals surface area contributed by atoms with Gasteiger partial charge in [-0.15, -0.1) is 0 Å². The molecule has 0 amide bonds. The summed E-state index contributed by atoms with van der Waals surface area (Å²) in [7, 11) is 0. The molecule has 3 nitrogen and oxygen atoms in total. The maximum Gasteiger partial charge on any atom is 0.122 e. The van der Waals surface area contributed by atoms with E-state index in [4.69, 9.17) is 9.84 Å². The fraction of sp³-hybridized carbons (Fsp3) is 0.647. The Hall–Kier alpha value is -1.06. The number of unbranched alkanes of at least 4 members (excludes halogenated alkanes) is 1. The molecule has 0 fully saturated rings. The highest BCUT2D eigenvalue weighted by Gasteiger charge is 2.22. The number of hydrogen-bond acceptors (Lipinski definition) is 3. The van der Waals surface area contributed by atoms with E-state index in [9.17, 15) is 0 Å². The van der Waals surface area contributed by atoms with Gasteiger partial charge in [-0.05, 0) is 62.3 Å². The number of fused-ring (bicyclic) bond motifs is 1. The molecule has 3 heteroatoms. The highest BCUT2D eigenvalue weighted by atomic mass is 16.5. The Kier molecular flexibility index (Phi) is 6.34. The molecule has 0 aliphatic heterocycles. The quantitative estimate of drug-likeness (QED) is 0.717. The molecule has 0 spiro atoms. The van der Waals surface area contributed by atoms with Crippen LogP contribution in [0.3, 0.4) is 0 Å². The highest BCUT2D eigenvalue weighted by molar-refractivity contribution is 5.43. The van der Waals surface area contributed by atoms with Crippen molar-refractivity contribution >= 4 is 0 Å². The fourth-order valence-corrected chi connectivity index (χ4v) is 2.88. The lowest BCUT2D eigenvalue weighted by molar-refractivity contribution is 0.251. The van der Waals surface area contributed by atoms with Crippen LogP contribution in [0, 0.1) is 0 Å². The molecule has 1 aliphatic carbocycles. The van der Waals surface area contributed by atoms with E-state index in [1.807, 2.05) is 0 Å². The summed E-state index contributed by atoms with van der Waals surface area (Å²) in [6.45, 7) is 4.23. The van der Waals surface area contributed by atoms with Gasteiger partial charge in [0, 0.05) is 12.6 Å². The van der Waals surface area contributed by atoms with Gasteiger partial charge in [0.25, 0.3) is 0 Å². The van der Waals surface area contributed by atoms with Crippen LogP contribution in [0.5, 0.6) is 5.75 Å². The third kappa shape index (κ3) is 3.97. The predicted molar refractivity (Wildman–Crippen MR) is 82.2 cm³/mol. The van der Waals surface area contributed by atoms with Crippen LogP contribution in [-0.4, -0.2) is 24.9 Å². The van der Waals surface area contributed by atoms with Crippen molar-refractivity contribution in [3.8, 4) is 5.75 Å². The lowest BCUT2D eigenvalue weighted by Gasteiger charge is -2.28. The zero-order valence-electron chi connectivity index (χ0n) is 12.5. The minimum atomic E-state index is 0.249. The molecular weight excluding hydrogens is 250 g/mol. The summed E-state index contributed by atoms with van der Waals surface area (Å²) >= 11 is 0. The maximum atomic E-state index is 8.81. The number of ether oxygens (including phenoxy) is 1. The number of nitrogens with one attached hydrogen (secondary N) is 1. The average Bonchev–Trinajstić information content (AvgIpc) is 2.49. The van der Waals surface area contributed by atoms with Crippen LogP contribution in [0.25, 0.3) is 0 Å². The van der Waals surface area contributed by atoms with Crippen molar-refractivity contribution in [1.82, 2.24) is 5.32 Å². The standard InChI is InChI=1S/C17H27NO2/c1-2-11-18-16-9-5-8-15-14(16)7-6-10-17(15)20-13-4-3-12-19/h6-7,10,16,18-19H,2-5,8-9,11-13H2,1H3. The molecule has 2 N–H and O–H groups in total. The van der Waals surface area contributed by atoms with E-state index in [0.717, 1.165) is 31.6 Å². The normalized spacial score (nSPS) is 17.8. The van der Waals surface area contributed by atoms with Crippen LogP contribution in [-0.2, 0) is 6.42 Å². The summed E-state index contributed by atoms with van der Waals surface area (Å²) in [5.74, 6) is 1.04. The molecule has 1 atom stereocenters. The van der Waals surface area contributed by atoms with Crippen molar-refractivity contribution in [3.63, 3.8) is 0 Å². The minimum absolute atomic E-state index is 0.249. The summed E-state index contributed by atoms with van der Waals surface area (Å²) in [5, 5.41) is 12.5. The Morgan fingerprint density at radius 2 is 2.25 bits per heavy atom. The molecule has 1 aliphatic rings. The molecule has 0 bridgehead atoms. The summed E-state index contributed by atoms with van der Waals surface area (Å²) in [4.78, 5) is 0. The van der Waals surface area contributed by atoms with E-state index < -0.39 is 0 Å². The van der Waals surface area contributed by atoms with Gasteiger partial charge in [0.2, 0.25) is 0 Å². The molecule has 1 aromatic carbocycles. The molecule has 2 rings (SSSR count). The minimum Gasteiger partial charge on any atom is -0.493 e. The van der Waals surface area contributed by atoms with Gasteiger partial charge in [0.1, 0.15) is 5.75 Å². The van der Waals surface area contributed by atoms with Gasteiger partial charge in [-0.2, -0.15) is 0 Å². The number of aliphatic hydroxyl groups is 1. The second kappa shape index (κ2) is 8.28. The van der Waals surface area contributed by atoms with Gasteiger partial charge in [0.15, 0.2) is 0 Å². The van der Waals surface area contributed by atoms with E-state index in [2.05, 4.69) is 30.4 Å². The van der Waals surface area contributed by atoms with Crippen LogP contribution >= 0.6 is 0 Å². The Labute approximate surface area is 122 Å². The van der Waals surface area contributed by atoms with Crippen LogP contribution in [0.4, 0.5) is 0 Å². The van der Waals surface area contributed by atoms with E-state index in [1.54, 1.807) is 0 Å². The van der Waals surface area contributed by atoms with Gasteiger partial charge in [-0.25, -0.2) is 0 Å². The molecular formula is C17H27NO2. The van der Waals surface area contributed by atoms with E-state index in [-0.39, 0.29) is 6.61 Å². The molecule has 20 heavy (non-hydrogen) atoms. The number of rotatable bonds is 8. The molecule has 1 unspecified atom stereocenters. The molecule has 0 aromatic heterocycles. The summed E-state index contributed by atoms with van der Waals surface area (Å²) in [6.07, 6.45) is 6.47. The van der Waals surface area contributed by atoms with E-state index >= 15 is 0 Å². The molecule has 0 saturated heterocycles. The lowest BCUT2D eigenvalue weighted by Crippen LogP contribution is -2.26. The number of hydrogen-bond donors (Lipinski definition) is 2. The Morgan fingerprint density at radius 3 is 3.05 bits per heavy atom. The SMILES string of the molecule is CCCNC1CCCc2c(OCCCCO)cccc21. The van der Waals surface area contributed by atoms with Crippen molar-refractivity contribution in [2.24, 2.45) is 0 Å². The first-order valence-corrected chi connectivity index (χ1v) is 7.95. The van der Waals surface area contributed by atoms with Gasteiger partial charge < -0.3 is 15.2 Å². The first-order valence-electron chi connectivity index (χ1n) is 7.95. The first kappa shape index (κ1) is 15.3. The van der Waals surface area contributed by atoms with Gasteiger partial charge in [-0.3, -0.25) is 0 Å². The van der Waals surface area contributed by atoms with Crippen LogP contribution in [0.2, 0.25) is 0 Å². The largest absolute Gasteiger partial charge is 0.493 e. The lowest BCUT2D eigenvalue weighted by atomic mass is 9.87. The molecule has 0 radical (unpaired) electrons. The Morgan fingerprint density at radius 1 is 1.35 bits per heavy atom. The third-order valence-corrected chi connectivity index (χ3v) is 3.92. The van der Waals surface area contributed by atoms with Crippen molar-refractivity contribution in [1.29, 1.82) is 0 Å². The summed E-state index contributed by atoms with van der Waals surface area (Å²) in [6, 6.07) is 6.91. The zero-order chi connectivity index (χ0) is 14.2. The van der Waals surface area contributed by atoms with Crippen LogP contribution < -0.4 is 10.1 Å². The van der Waals surface area contributed by atoms with Gasteiger partial charge in [-0.1, -0.05) is 19.1 Å². The zero-order valence-corrected chi connectivity index (χ0v) is 12.5. The topological polar surface area (TPSA) is 41.5 Å². The smallest absolute Gasteiger partial charge is 0.122 e. The molecule has 0 heterocycles. The molecule has 1 aromatic rings. The van der Waals surface area contributed by atoms with Crippen molar-refractivity contribution in [2.45, 2.75) is 51.5 Å². The third-order valence-electron chi connectivity index (χ3n) is 3.92. The molecule has 0 saturated carbocycles. The number of aliphatic hydroxyl groups excluding tert-OH is 1. The van der Waals surface area contributed by atoms with Gasteiger partial charge >= 0.3 is 0 Å². The van der Waals surface area contributed by atoms with Crippen LogP contribution in [0.1, 0.15) is 56.2 Å². The summed E-state index contributed by atoms with van der Waals surface area (Å²) in [5.41, 5.74) is 2.81. The average molecular weight is 277 g/mol. The van der Waals surface area contributed by atoms with Crippen molar-refractivity contribution in [2.75, 3.05) is 19.8 Å². The maximum absolute atomic E-state index is 8.81. The fourth-order valence-electron chi connectivity index (χ4n) is 2.88. The van der Waals surface area contributed by atoms with Gasteiger partial charge in [0.05, 0.1) is 6.61 Å². The summed E-state index contributed by atoms with van der Waals surface area (Å²) < 4.78 is 5.92. The first-order chi connectivity index (χ1) is 9.86. The van der Waals surface area contributed by atoms with Crippen molar-refractivity contribution in [3.05, 3.63) is 29.3 Å². The number of benzene rings is 1. The van der Waals surface area contributed by atoms with E-state index in [0.29, 0.717) is 12.6 Å². The monoisotopic (exact) mass is 277 g/mol.